The fraction of sp³-hybridized carbons (Fsp3) is 0.0800. The van der Waals surface area contributed by atoms with Crippen molar-refractivity contribution in [2.75, 3.05) is 11.9 Å². The van der Waals surface area contributed by atoms with Crippen LogP contribution in [-0.2, 0) is 16.2 Å². The molecule has 0 saturated carbocycles. The summed E-state index contributed by atoms with van der Waals surface area (Å²) in [6.45, 7) is -0.177. The van der Waals surface area contributed by atoms with E-state index in [0.29, 0.717) is 22.9 Å². The summed E-state index contributed by atoms with van der Waals surface area (Å²) in [7, 11) is 0. The second-order valence-electron chi connectivity index (χ2n) is 7.39. The van der Waals surface area contributed by atoms with Crippen LogP contribution in [0.15, 0.2) is 78.5 Å². The van der Waals surface area contributed by atoms with Crippen LogP contribution in [0.4, 0.5) is 14.9 Å². The molecule has 1 heterocycles. The normalized spacial score (nSPS) is 14.3. The highest BCUT2D eigenvalue weighted by Crippen LogP contribution is 2.19. The number of hydrogen-bond acceptors (Lipinski definition) is 4. The average molecular weight is 480 g/mol. The summed E-state index contributed by atoms with van der Waals surface area (Å²) < 4.78 is 19.4. The van der Waals surface area contributed by atoms with Crippen molar-refractivity contribution in [1.82, 2.24) is 10.2 Å². The smallest absolute Gasteiger partial charge is 0.329 e. The van der Waals surface area contributed by atoms with E-state index >= 15 is 0 Å². The van der Waals surface area contributed by atoms with Gasteiger partial charge in [-0.15, -0.1) is 0 Å². The van der Waals surface area contributed by atoms with Crippen molar-refractivity contribution < 1.29 is 23.5 Å². The molecule has 4 rings (SSSR count). The first-order chi connectivity index (χ1) is 16.4. The standard InChI is InChI=1S/C25H19ClFN3O4/c26-18-9-5-17(6-10-18)15-34-19-11-7-16(8-12-19)13-22-24(32)30(25(33)29-22)14-23(31)28-21-4-2-1-3-20(21)27/h1-13H,14-15H2,(H,28,31)(H,29,33)/b22-13+. The maximum absolute atomic E-state index is 13.7. The van der Waals surface area contributed by atoms with Crippen molar-refractivity contribution >= 4 is 41.2 Å². The van der Waals surface area contributed by atoms with Gasteiger partial charge in [0, 0.05) is 5.02 Å². The first kappa shape index (κ1) is 23.0. The number of carbonyl (C=O) groups is 3. The highest BCUT2D eigenvalue weighted by Gasteiger charge is 2.35. The van der Waals surface area contributed by atoms with Gasteiger partial charge in [0.05, 0.1) is 5.69 Å². The number of carbonyl (C=O) groups excluding carboxylic acids is 3. The van der Waals surface area contributed by atoms with Crippen molar-refractivity contribution in [2.24, 2.45) is 0 Å². The van der Waals surface area contributed by atoms with E-state index in [4.69, 9.17) is 16.3 Å². The summed E-state index contributed by atoms with van der Waals surface area (Å²) in [6, 6.07) is 19.1. The zero-order valence-corrected chi connectivity index (χ0v) is 18.5. The summed E-state index contributed by atoms with van der Waals surface area (Å²) >= 11 is 5.87. The molecule has 3 aromatic carbocycles. The van der Waals surface area contributed by atoms with Gasteiger partial charge >= 0.3 is 6.03 Å². The van der Waals surface area contributed by atoms with E-state index in [2.05, 4.69) is 10.6 Å². The van der Waals surface area contributed by atoms with Gasteiger partial charge in [0.25, 0.3) is 5.91 Å². The molecular weight excluding hydrogens is 461 g/mol. The first-order valence-electron chi connectivity index (χ1n) is 10.3. The van der Waals surface area contributed by atoms with Crippen LogP contribution in [0.3, 0.4) is 0 Å². The van der Waals surface area contributed by atoms with Gasteiger partial charge in [0.15, 0.2) is 0 Å². The first-order valence-corrected chi connectivity index (χ1v) is 10.6. The Morgan fingerprint density at radius 3 is 2.44 bits per heavy atom. The van der Waals surface area contributed by atoms with Crippen LogP contribution >= 0.6 is 11.6 Å². The summed E-state index contributed by atoms with van der Waals surface area (Å²) in [5, 5.41) is 5.45. The number of rotatable bonds is 7. The average Bonchev–Trinajstić information content (AvgIpc) is 3.08. The number of para-hydroxylation sites is 1. The van der Waals surface area contributed by atoms with Gasteiger partial charge in [-0.2, -0.15) is 0 Å². The molecule has 9 heteroatoms. The number of benzene rings is 3. The third-order valence-electron chi connectivity index (χ3n) is 4.92. The van der Waals surface area contributed by atoms with Crippen LogP contribution in [0.1, 0.15) is 11.1 Å². The lowest BCUT2D eigenvalue weighted by Gasteiger charge is -2.12. The van der Waals surface area contributed by atoms with Crippen LogP contribution in [-0.4, -0.2) is 29.3 Å². The number of ether oxygens (including phenoxy) is 1. The zero-order valence-electron chi connectivity index (χ0n) is 17.8. The quantitative estimate of drug-likeness (QED) is 0.383. The Balaban J connectivity index is 1.36. The number of amides is 4. The lowest BCUT2D eigenvalue weighted by atomic mass is 10.2. The Bertz CT molecular complexity index is 1260. The fourth-order valence-electron chi connectivity index (χ4n) is 3.19. The summed E-state index contributed by atoms with van der Waals surface area (Å²) in [5.74, 6) is -1.34. The molecule has 0 aromatic heterocycles. The number of nitrogens with one attached hydrogen (secondary N) is 2. The van der Waals surface area contributed by atoms with E-state index in [1.807, 2.05) is 12.1 Å². The number of imide groups is 1. The molecule has 0 atom stereocenters. The predicted octanol–water partition coefficient (Wildman–Crippen LogP) is 4.59. The molecule has 1 saturated heterocycles. The monoisotopic (exact) mass is 479 g/mol. The zero-order chi connectivity index (χ0) is 24.1. The lowest BCUT2D eigenvalue weighted by molar-refractivity contribution is -0.127. The summed E-state index contributed by atoms with van der Waals surface area (Å²) in [4.78, 5) is 37.8. The molecule has 0 bridgehead atoms. The molecule has 0 aliphatic carbocycles. The molecule has 2 N–H and O–H groups in total. The van der Waals surface area contributed by atoms with Gasteiger partial charge in [-0.1, -0.05) is 48.0 Å². The van der Waals surface area contributed by atoms with Crippen LogP contribution in [0.2, 0.25) is 5.02 Å². The number of hydrogen-bond donors (Lipinski definition) is 2. The molecule has 0 unspecified atom stereocenters. The molecule has 3 aromatic rings. The maximum atomic E-state index is 13.7. The molecule has 1 fully saturated rings. The number of urea groups is 1. The molecule has 1 aliphatic rings. The highest BCUT2D eigenvalue weighted by molar-refractivity contribution is 6.30. The molecule has 4 amide bonds. The summed E-state index contributed by atoms with van der Waals surface area (Å²) in [5.41, 5.74) is 1.61. The van der Waals surface area contributed by atoms with Gasteiger partial charge in [-0.05, 0) is 53.6 Å². The number of halogens is 2. The van der Waals surface area contributed by atoms with E-state index < -0.39 is 30.2 Å². The van der Waals surface area contributed by atoms with E-state index in [-0.39, 0.29) is 11.4 Å². The Kier molecular flexibility index (Phi) is 6.89. The van der Waals surface area contributed by atoms with Crippen molar-refractivity contribution in [3.8, 4) is 5.75 Å². The van der Waals surface area contributed by atoms with Crippen molar-refractivity contribution in [3.63, 3.8) is 0 Å². The van der Waals surface area contributed by atoms with Gasteiger partial charge in [-0.25, -0.2) is 14.1 Å². The number of anilines is 1. The Morgan fingerprint density at radius 1 is 1.03 bits per heavy atom. The third kappa shape index (κ3) is 5.60. The van der Waals surface area contributed by atoms with Crippen molar-refractivity contribution in [2.45, 2.75) is 6.61 Å². The largest absolute Gasteiger partial charge is 0.489 e. The molecule has 172 valence electrons. The minimum Gasteiger partial charge on any atom is -0.489 e. The van der Waals surface area contributed by atoms with E-state index in [9.17, 15) is 18.8 Å². The Hall–Kier alpha value is -4.17. The summed E-state index contributed by atoms with van der Waals surface area (Å²) in [6.07, 6.45) is 1.50. The van der Waals surface area contributed by atoms with Gasteiger partial charge in [-0.3, -0.25) is 9.59 Å². The fourth-order valence-corrected chi connectivity index (χ4v) is 3.31. The van der Waals surface area contributed by atoms with Crippen LogP contribution < -0.4 is 15.4 Å². The van der Waals surface area contributed by atoms with Crippen LogP contribution in [0, 0.1) is 5.82 Å². The highest BCUT2D eigenvalue weighted by atomic mass is 35.5. The third-order valence-corrected chi connectivity index (χ3v) is 5.17. The molecule has 7 nitrogen and oxygen atoms in total. The Morgan fingerprint density at radius 2 is 1.74 bits per heavy atom. The predicted molar refractivity (Wildman–Crippen MR) is 125 cm³/mol. The topological polar surface area (TPSA) is 87.7 Å². The molecule has 34 heavy (non-hydrogen) atoms. The second kappa shape index (κ2) is 10.2. The maximum Gasteiger partial charge on any atom is 0.329 e. The van der Waals surface area contributed by atoms with Crippen molar-refractivity contribution in [1.29, 1.82) is 0 Å². The molecule has 0 radical (unpaired) electrons. The lowest BCUT2D eigenvalue weighted by Crippen LogP contribution is -2.38. The SMILES string of the molecule is O=C(CN1C(=O)N/C(=C/c2ccc(OCc3ccc(Cl)cc3)cc2)C1=O)Nc1ccccc1F. The Labute approximate surface area is 199 Å². The van der Waals surface area contributed by atoms with Gasteiger partial charge < -0.3 is 15.4 Å². The minimum absolute atomic E-state index is 0.0264. The van der Waals surface area contributed by atoms with Crippen molar-refractivity contribution in [3.05, 3.63) is 100 Å². The van der Waals surface area contributed by atoms with Gasteiger partial charge in [0.2, 0.25) is 5.91 Å². The minimum atomic E-state index is -0.733. The van der Waals surface area contributed by atoms with Crippen LogP contribution in [0.25, 0.3) is 6.08 Å². The molecular formula is C25H19ClFN3O4. The molecule has 0 spiro atoms. The van der Waals surface area contributed by atoms with E-state index in [1.54, 1.807) is 42.5 Å². The van der Waals surface area contributed by atoms with E-state index in [0.717, 1.165) is 10.5 Å². The van der Waals surface area contributed by atoms with Gasteiger partial charge in [0.1, 0.15) is 30.4 Å². The van der Waals surface area contributed by atoms with Crippen LogP contribution in [0.5, 0.6) is 5.75 Å². The second-order valence-corrected chi connectivity index (χ2v) is 7.83. The molecule has 1 aliphatic heterocycles. The number of nitrogens with zero attached hydrogens (tertiary/aromatic N) is 1. The van der Waals surface area contributed by atoms with E-state index in [1.165, 1.54) is 24.3 Å².